The van der Waals surface area contributed by atoms with Crippen LogP contribution in [0.2, 0.25) is 0 Å². The zero-order chi connectivity index (χ0) is 14.6. The summed E-state index contributed by atoms with van der Waals surface area (Å²) in [5.41, 5.74) is 7.15. The second kappa shape index (κ2) is 6.64. The van der Waals surface area contributed by atoms with Crippen molar-refractivity contribution < 1.29 is 9.13 Å². The largest absolute Gasteiger partial charge is 0.488 e. The van der Waals surface area contributed by atoms with E-state index in [4.69, 9.17) is 10.5 Å². The van der Waals surface area contributed by atoms with Gasteiger partial charge >= 0.3 is 0 Å². The molecule has 0 aliphatic heterocycles. The highest BCUT2D eigenvalue weighted by molar-refractivity contribution is 5.69. The average molecular weight is 268 g/mol. The lowest BCUT2D eigenvalue weighted by atomic mass is 10.1. The molecule has 0 amide bonds. The van der Waals surface area contributed by atoms with Crippen molar-refractivity contribution in [3.63, 3.8) is 0 Å². The molecule has 4 heteroatoms. The van der Waals surface area contributed by atoms with Crippen molar-refractivity contribution in [2.45, 2.75) is 40.2 Å². The molecule has 0 saturated heterocycles. The second-order valence-electron chi connectivity index (χ2n) is 5.61. The van der Waals surface area contributed by atoms with E-state index in [0.717, 1.165) is 18.7 Å². The number of ether oxygens (including phenoxy) is 1. The number of hydrogen-bond donors (Lipinski definition) is 1. The van der Waals surface area contributed by atoms with Crippen molar-refractivity contribution in [1.82, 2.24) is 0 Å². The molecular formula is C15H25FN2O. The lowest BCUT2D eigenvalue weighted by molar-refractivity contribution is 0.231. The number of halogens is 1. The van der Waals surface area contributed by atoms with E-state index in [0.29, 0.717) is 11.6 Å². The first kappa shape index (κ1) is 15.6. The van der Waals surface area contributed by atoms with Gasteiger partial charge in [0.1, 0.15) is 0 Å². The third kappa shape index (κ3) is 4.62. The van der Waals surface area contributed by atoms with Crippen LogP contribution in [0.25, 0.3) is 0 Å². The molecule has 1 aromatic rings. The Kier molecular flexibility index (Phi) is 5.45. The molecule has 0 aliphatic carbocycles. The Labute approximate surface area is 115 Å². The number of anilines is 2. The van der Waals surface area contributed by atoms with Crippen molar-refractivity contribution in [2.75, 3.05) is 24.2 Å². The fraction of sp³-hybridized carbons (Fsp3) is 0.600. The van der Waals surface area contributed by atoms with Crippen molar-refractivity contribution in [3.8, 4) is 5.75 Å². The van der Waals surface area contributed by atoms with Crippen molar-refractivity contribution in [2.24, 2.45) is 5.92 Å². The molecule has 0 aliphatic rings. The van der Waals surface area contributed by atoms with Crippen molar-refractivity contribution in [3.05, 3.63) is 17.9 Å². The Balaban J connectivity index is 2.93. The maximum Gasteiger partial charge on any atom is 0.167 e. The fourth-order valence-corrected chi connectivity index (χ4v) is 1.81. The Bertz CT molecular complexity index is 419. The molecular weight excluding hydrogens is 243 g/mol. The van der Waals surface area contributed by atoms with Crippen LogP contribution in [0.3, 0.4) is 0 Å². The average Bonchev–Trinajstić information content (AvgIpc) is 2.29. The molecule has 1 aromatic carbocycles. The maximum atomic E-state index is 13.7. The number of nitrogens with two attached hydrogens (primary N) is 1. The van der Waals surface area contributed by atoms with Crippen LogP contribution >= 0.6 is 0 Å². The molecule has 0 unspecified atom stereocenters. The van der Waals surface area contributed by atoms with Crippen LogP contribution in [0.15, 0.2) is 12.1 Å². The lowest BCUT2D eigenvalue weighted by Crippen LogP contribution is -2.21. The van der Waals surface area contributed by atoms with E-state index < -0.39 is 5.82 Å². The summed E-state index contributed by atoms with van der Waals surface area (Å²) in [6.45, 7) is 8.98. The standard InChI is InChI=1S/C15H25FN2O/c1-10(2)6-7-18(5)14-9-15(19-11(3)4)12(16)8-13(14)17/h8-11H,6-7,17H2,1-5H3. The third-order valence-corrected chi connectivity index (χ3v) is 2.90. The summed E-state index contributed by atoms with van der Waals surface area (Å²) < 4.78 is 19.2. The minimum atomic E-state index is -0.410. The van der Waals surface area contributed by atoms with Crippen LogP contribution in [0, 0.1) is 11.7 Å². The highest BCUT2D eigenvalue weighted by Gasteiger charge is 2.13. The summed E-state index contributed by atoms with van der Waals surface area (Å²) >= 11 is 0. The summed E-state index contributed by atoms with van der Waals surface area (Å²) in [5, 5.41) is 0. The number of nitrogens with zero attached hydrogens (tertiary/aromatic N) is 1. The van der Waals surface area contributed by atoms with Gasteiger partial charge in [-0.25, -0.2) is 4.39 Å². The zero-order valence-corrected chi connectivity index (χ0v) is 12.5. The molecule has 0 spiro atoms. The van der Waals surface area contributed by atoms with Crippen LogP contribution in [0.1, 0.15) is 34.1 Å². The van der Waals surface area contributed by atoms with Gasteiger partial charge in [0, 0.05) is 25.7 Å². The molecule has 108 valence electrons. The summed E-state index contributed by atoms with van der Waals surface area (Å²) in [6.07, 6.45) is 1.00. The van der Waals surface area contributed by atoms with Crippen molar-refractivity contribution >= 4 is 11.4 Å². The molecule has 0 heterocycles. The normalized spacial score (nSPS) is 11.2. The van der Waals surface area contributed by atoms with Crippen LogP contribution in [-0.4, -0.2) is 19.7 Å². The lowest BCUT2D eigenvalue weighted by Gasteiger charge is -2.23. The molecule has 19 heavy (non-hydrogen) atoms. The first-order valence-corrected chi connectivity index (χ1v) is 6.78. The topological polar surface area (TPSA) is 38.5 Å². The van der Waals surface area contributed by atoms with Crippen LogP contribution in [0.5, 0.6) is 5.75 Å². The quantitative estimate of drug-likeness (QED) is 0.800. The van der Waals surface area contributed by atoms with Gasteiger partial charge in [-0.15, -0.1) is 0 Å². The molecule has 0 fully saturated rings. The van der Waals surface area contributed by atoms with Gasteiger partial charge in [-0.05, 0) is 26.2 Å². The van der Waals surface area contributed by atoms with E-state index in [1.807, 2.05) is 25.8 Å². The van der Waals surface area contributed by atoms with E-state index in [1.54, 1.807) is 6.07 Å². The number of rotatable bonds is 6. The van der Waals surface area contributed by atoms with Crippen LogP contribution < -0.4 is 15.4 Å². The Morgan fingerprint density at radius 3 is 2.42 bits per heavy atom. The van der Waals surface area contributed by atoms with E-state index in [9.17, 15) is 4.39 Å². The maximum absolute atomic E-state index is 13.7. The van der Waals surface area contributed by atoms with Gasteiger partial charge in [0.25, 0.3) is 0 Å². The Morgan fingerprint density at radius 1 is 1.26 bits per heavy atom. The first-order valence-electron chi connectivity index (χ1n) is 6.78. The second-order valence-corrected chi connectivity index (χ2v) is 5.61. The predicted octanol–water partition coefficient (Wildman–Crippen LogP) is 3.68. The molecule has 0 bridgehead atoms. The summed E-state index contributed by atoms with van der Waals surface area (Å²) in [5.74, 6) is 0.471. The highest BCUT2D eigenvalue weighted by atomic mass is 19.1. The van der Waals surface area contributed by atoms with Crippen LogP contribution in [0.4, 0.5) is 15.8 Å². The van der Waals surface area contributed by atoms with Gasteiger partial charge < -0.3 is 15.4 Å². The molecule has 3 nitrogen and oxygen atoms in total. The monoisotopic (exact) mass is 268 g/mol. The summed E-state index contributed by atoms with van der Waals surface area (Å²) in [6, 6.07) is 3.02. The molecule has 0 atom stereocenters. The molecule has 1 rings (SSSR count). The smallest absolute Gasteiger partial charge is 0.167 e. The van der Waals surface area contributed by atoms with Gasteiger partial charge in [-0.3, -0.25) is 0 Å². The Morgan fingerprint density at radius 2 is 1.89 bits per heavy atom. The molecule has 2 N–H and O–H groups in total. The molecule has 0 radical (unpaired) electrons. The number of nitrogen functional groups attached to an aromatic ring is 1. The minimum Gasteiger partial charge on any atom is -0.488 e. The fourth-order valence-electron chi connectivity index (χ4n) is 1.81. The van der Waals surface area contributed by atoms with E-state index in [2.05, 4.69) is 13.8 Å². The van der Waals surface area contributed by atoms with E-state index in [-0.39, 0.29) is 11.9 Å². The minimum absolute atomic E-state index is 0.0630. The van der Waals surface area contributed by atoms with E-state index in [1.165, 1.54) is 6.07 Å². The molecule has 0 aromatic heterocycles. The van der Waals surface area contributed by atoms with Gasteiger partial charge in [0.15, 0.2) is 11.6 Å². The predicted molar refractivity (Wildman–Crippen MR) is 79.3 cm³/mol. The first-order chi connectivity index (χ1) is 8.81. The summed E-state index contributed by atoms with van der Waals surface area (Å²) in [4.78, 5) is 2.04. The van der Waals surface area contributed by atoms with Gasteiger partial charge in [0.2, 0.25) is 0 Å². The van der Waals surface area contributed by atoms with Gasteiger partial charge in [0.05, 0.1) is 17.5 Å². The summed E-state index contributed by atoms with van der Waals surface area (Å²) in [7, 11) is 1.96. The van der Waals surface area contributed by atoms with Gasteiger partial charge in [-0.2, -0.15) is 0 Å². The van der Waals surface area contributed by atoms with E-state index >= 15 is 0 Å². The van der Waals surface area contributed by atoms with Crippen LogP contribution in [-0.2, 0) is 0 Å². The Hall–Kier alpha value is -1.45. The number of benzene rings is 1. The number of hydrogen-bond acceptors (Lipinski definition) is 3. The zero-order valence-electron chi connectivity index (χ0n) is 12.5. The van der Waals surface area contributed by atoms with Gasteiger partial charge in [-0.1, -0.05) is 13.8 Å². The van der Waals surface area contributed by atoms with Crippen molar-refractivity contribution in [1.29, 1.82) is 0 Å². The third-order valence-electron chi connectivity index (χ3n) is 2.90. The molecule has 0 saturated carbocycles. The highest BCUT2D eigenvalue weighted by Crippen LogP contribution is 2.31. The SMILES string of the molecule is CC(C)CCN(C)c1cc(OC(C)C)c(F)cc1N.